The summed E-state index contributed by atoms with van der Waals surface area (Å²) in [6, 6.07) is 22.6. The zero-order chi connectivity index (χ0) is 27.3. The van der Waals surface area contributed by atoms with Gasteiger partial charge in [0.2, 0.25) is 11.9 Å². The topological polar surface area (TPSA) is 101 Å². The number of aryl methyl sites for hydroxylation is 1. The summed E-state index contributed by atoms with van der Waals surface area (Å²) in [5, 5.41) is 9.66. The van der Waals surface area contributed by atoms with Crippen molar-refractivity contribution in [3.8, 4) is 22.4 Å². The van der Waals surface area contributed by atoms with Crippen molar-refractivity contribution in [2.75, 3.05) is 25.0 Å². The Balaban J connectivity index is 1.51. The SMILES string of the molecule is CNC1(c2ccccc2C(N)=O)CN(c2nc(C)nc3c(-c4ccc(Cl)cc4)c(-c4ccccc4Cl)nn23)C1. The molecule has 1 aliphatic rings. The van der Waals surface area contributed by atoms with Crippen LogP contribution >= 0.6 is 23.2 Å². The largest absolute Gasteiger partial charge is 0.366 e. The summed E-state index contributed by atoms with van der Waals surface area (Å²) in [6.45, 7) is 2.97. The van der Waals surface area contributed by atoms with Crippen LogP contribution in [0.15, 0.2) is 72.8 Å². The van der Waals surface area contributed by atoms with Crippen LogP contribution in [0.25, 0.3) is 28.0 Å². The fourth-order valence-electron chi connectivity index (χ4n) is 5.28. The minimum atomic E-state index is -0.478. The van der Waals surface area contributed by atoms with E-state index in [4.69, 9.17) is 44.0 Å². The van der Waals surface area contributed by atoms with Gasteiger partial charge >= 0.3 is 0 Å². The quantitative estimate of drug-likeness (QED) is 0.301. The summed E-state index contributed by atoms with van der Waals surface area (Å²) in [4.78, 5) is 23.9. The van der Waals surface area contributed by atoms with E-state index in [0.717, 1.165) is 22.3 Å². The maximum atomic E-state index is 12.2. The highest BCUT2D eigenvalue weighted by Crippen LogP contribution is 2.41. The molecule has 3 aromatic carbocycles. The van der Waals surface area contributed by atoms with E-state index in [0.29, 0.717) is 51.8 Å². The standard InChI is InChI=1S/C29H25Cl2N7O/c1-17-34-27-24(18-11-13-19(30)14-12-18)25(21-8-4-6-10-23(21)31)36-38(27)28(35-17)37-15-29(16-37,33-2)22-9-5-3-7-20(22)26(32)39/h3-14,33H,15-16H2,1-2H3,(H2,32,39). The van der Waals surface area contributed by atoms with Crippen LogP contribution in [-0.4, -0.2) is 45.6 Å². The van der Waals surface area contributed by atoms with E-state index in [9.17, 15) is 4.79 Å². The number of halogens is 2. The third kappa shape index (κ3) is 4.21. The molecule has 0 unspecified atom stereocenters. The number of hydrogen-bond donors (Lipinski definition) is 2. The number of hydrogen-bond acceptors (Lipinski definition) is 6. The van der Waals surface area contributed by atoms with Gasteiger partial charge in [-0.3, -0.25) is 4.79 Å². The van der Waals surface area contributed by atoms with E-state index in [2.05, 4.69) is 10.2 Å². The lowest BCUT2D eigenvalue weighted by atomic mass is 9.80. The zero-order valence-corrected chi connectivity index (χ0v) is 22.8. The molecule has 0 spiro atoms. The molecule has 2 aromatic heterocycles. The molecular weight excluding hydrogens is 533 g/mol. The molecular formula is C29H25Cl2N7O. The van der Waals surface area contributed by atoms with Crippen LogP contribution in [0.3, 0.4) is 0 Å². The lowest BCUT2D eigenvalue weighted by Gasteiger charge is -2.51. The van der Waals surface area contributed by atoms with E-state index in [1.54, 1.807) is 10.6 Å². The summed E-state index contributed by atoms with van der Waals surface area (Å²) < 4.78 is 1.77. The second-order valence-corrected chi connectivity index (χ2v) is 10.5. The number of primary amides is 1. The second-order valence-electron chi connectivity index (χ2n) is 9.61. The van der Waals surface area contributed by atoms with Crippen molar-refractivity contribution >= 4 is 40.7 Å². The van der Waals surface area contributed by atoms with Gasteiger partial charge in [0.1, 0.15) is 11.5 Å². The molecule has 3 N–H and O–H groups in total. The monoisotopic (exact) mass is 557 g/mol. The smallest absolute Gasteiger partial charge is 0.249 e. The Morgan fingerprint density at radius 2 is 1.67 bits per heavy atom. The highest BCUT2D eigenvalue weighted by molar-refractivity contribution is 6.33. The predicted octanol–water partition coefficient (Wildman–Crippen LogP) is 5.11. The minimum absolute atomic E-state index is 0.456. The average Bonchev–Trinajstić information content (AvgIpc) is 3.28. The second kappa shape index (κ2) is 9.64. The summed E-state index contributed by atoms with van der Waals surface area (Å²) in [7, 11) is 1.89. The van der Waals surface area contributed by atoms with Gasteiger partial charge in [0, 0.05) is 29.2 Å². The Kier molecular flexibility index (Phi) is 6.26. The first kappa shape index (κ1) is 25.3. The lowest BCUT2D eigenvalue weighted by molar-refractivity contribution is 0.0996. The van der Waals surface area contributed by atoms with Gasteiger partial charge in [-0.2, -0.15) is 14.6 Å². The van der Waals surface area contributed by atoms with Crippen molar-refractivity contribution in [3.63, 3.8) is 0 Å². The normalized spacial score (nSPS) is 14.4. The molecule has 0 saturated carbocycles. The molecule has 0 radical (unpaired) electrons. The van der Waals surface area contributed by atoms with Crippen LogP contribution in [-0.2, 0) is 5.54 Å². The van der Waals surface area contributed by atoms with Gasteiger partial charge in [-0.1, -0.05) is 71.7 Å². The molecule has 0 atom stereocenters. The number of amides is 1. The van der Waals surface area contributed by atoms with Crippen molar-refractivity contribution in [1.82, 2.24) is 24.9 Å². The van der Waals surface area contributed by atoms with Gasteiger partial charge in [-0.25, -0.2) is 4.98 Å². The van der Waals surface area contributed by atoms with Gasteiger partial charge < -0.3 is 16.0 Å². The van der Waals surface area contributed by atoms with Crippen LogP contribution < -0.4 is 16.0 Å². The Bertz CT molecular complexity index is 1730. The van der Waals surface area contributed by atoms with Gasteiger partial charge in [-0.15, -0.1) is 0 Å². The molecule has 1 saturated heterocycles. The number of nitrogens with one attached hydrogen (secondary N) is 1. The number of rotatable bonds is 6. The fraction of sp³-hybridized carbons (Fsp3) is 0.172. The first-order chi connectivity index (χ1) is 18.8. The van der Waals surface area contributed by atoms with Crippen molar-refractivity contribution in [3.05, 3.63) is 99.8 Å². The van der Waals surface area contributed by atoms with Crippen LogP contribution in [0.5, 0.6) is 0 Å². The third-order valence-electron chi connectivity index (χ3n) is 7.23. The minimum Gasteiger partial charge on any atom is -0.366 e. The molecule has 0 bridgehead atoms. The van der Waals surface area contributed by atoms with Crippen molar-refractivity contribution in [2.45, 2.75) is 12.5 Å². The average molecular weight is 558 g/mol. The molecule has 39 heavy (non-hydrogen) atoms. The Hall–Kier alpha value is -3.98. The number of nitrogens with zero attached hydrogens (tertiary/aromatic N) is 5. The Labute approximate surface area is 235 Å². The first-order valence-electron chi connectivity index (χ1n) is 12.4. The van der Waals surface area contributed by atoms with E-state index < -0.39 is 11.4 Å². The molecule has 196 valence electrons. The molecule has 0 aliphatic carbocycles. The number of anilines is 1. The molecule has 1 fully saturated rings. The molecule has 6 rings (SSSR count). The molecule has 10 heteroatoms. The molecule has 3 heterocycles. The highest BCUT2D eigenvalue weighted by Gasteiger charge is 2.46. The van der Waals surface area contributed by atoms with Gasteiger partial charge in [0.05, 0.1) is 16.1 Å². The summed E-state index contributed by atoms with van der Waals surface area (Å²) >= 11 is 12.8. The third-order valence-corrected chi connectivity index (χ3v) is 7.81. The van der Waals surface area contributed by atoms with Gasteiger partial charge in [0.25, 0.3) is 0 Å². The summed E-state index contributed by atoms with van der Waals surface area (Å²) in [5.41, 5.74) is 10.5. The van der Waals surface area contributed by atoms with Crippen LogP contribution in [0.2, 0.25) is 10.0 Å². The number of fused-ring (bicyclic) bond motifs is 1. The number of carbonyl (C=O) groups is 1. The molecule has 1 aliphatic heterocycles. The zero-order valence-electron chi connectivity index (χ0n) is 21.3. The molecule has 1 amide bonds. The fourth-order valence-corrected chi connectivity index (χ4v) is 5.63. The summed E-state index contributed by atoms with van der Waals surface area (Å²) in [6.07, 6.45) is 0. The van der Waals surface area contributed by atoms with Gasteiger partial charge in [-0.05, 0) is 49.4 Å². The first-order valence-corrected chi connectivity index (χ1v) is 13.2. The predicted molar refractivity (Wildman–Crippen MR) is 154 cm³/mol. The maximum Gasteiger partial charge on any atom is 0.249 e. The van der Waals surface area contributed by atoms with E-state index in [1.807, 2.05) is 80.7 Å². The van der Waals surface area contributed by atoms with E-state index in [-0.39, 0.29) is 0 Å². The number of aromatic nitrogens is 4. The number of carbonyl (C=O) groups excluding carboxylic acids is 1. The van der Waals surface area contributed by atoms with Crippen molar-refractivity contribution < 1.29 is 4.79 Å². The van der Waals surface area contributed by atoms with Crippen LogP contribution in [0.1, 0.15) is 21.7 Å². The van der Waals surface area contributed by atoms with Crippen LogP contribution in [0, 0.1) is 6.92 Å². The number of nitrogens with two attached hydrogens (primary N) is 1. The lowest BCUT2D eigenvalue weighted by Crippen LogP contribution is -2.67. The van der Waals surface area contributed by atoms with Crippen molar-refractivity contribution in [1.29, 1.82) is 0 Å². The van der Waals surface area contributed by atoms with Crippen molar-refractivity contribution in [2.24, 2.45) is 5.73 Å². The summed E-state index contributed by atoms with van der Waals surface area (Å²) in [5.74, 6) is 0.800. The number of benzene rings is 3. The number of likely N-dealkylation sites (N-methyl/N-ethyl adjacent to an activating group) is 1. The Morgan fingerprint density at radius 3 is 2.36 bits per heavy atom. The maximum absolute atomic E-state index is 12.2. The highest BCUT2D eigenvalue weighted by atomic mass is 35.5. The molecule has 8 nitrogen and oxygen atoms in total. The van der Waals surface area contributed by atoms with E-state index >= 15 is 0 Å². The van der Waals surface area contributed by atoms with Crippen LogP contribution in [0.4, 0.5) is 5.95 Å². The molecule has 5 aromatic rings. The van der Waals surface area contributed by atoms with Gasteiger partial charge in [0.15, 0.2) is 5.65 Å². The van der Waals surface area contributed by atoms with E-state index in [1.165, 1.54) is 0 Å². The Morgan fingerprint density at radius 1 is 0.974 bits per heavy atom.